The summed E-state index contributed by atoms with van der Waals surface area (Å²) in [6.07, 6.45) is 0.669. The van der Waals surface area contributed by atoms with Crippen molar-refractivity contribution < 1.29 is 51.8 Å². The Labute approximate surface area is 441 Å². The molecule has 1 aliphatic heterocycles. The average molecular weight is 1060 g/mol. The number of benzene rings is 3. The van der Waals surface area contributed by atoms with Crippen LogP contribution in [0.25, 0.3) is 11.3 Å². The van der Waals surface area contributed by atoms with Crippen LogP contribution in [0.15, 0.2) is 72.9 Å². The van der Waals surface area contributed by atoms with Gasteiger partial charge >= 0.3 is 12.1 Å². The lowest BCUT2D eigenvalue weighted by atomic mass is 9.84. The smallest absolute Gasteiger partial charge is 0.410 e. The fourth-order valence-corrected chi connectivity index (χ4v) is 9.79. The second-order valence-corrected chi connectivity index (χ2v) is 21.6. The van der Waals surface area contributed by atoms with Crippen LogP contribution in [0.1, 0.15) is 109 Å². The number of primary amides is 1. The molecule has 0 spiro atoms. The largest absolute Gasteiger partial charge is 0.445 e. The number of halogens is 3. The molecule has 6 unspecified atom stereocenters. The van der Waals surface area contributed by atoms with Gasteiger partial charge in [0.1, 0.15) is 48.4 Å². The van der Waals surface area contributed by atoms with Crippen LogP contribution >= 0.6 is 0 Å². The van der Waals surface area contributed by atoms with Crippen LogP contribution in [0.2, 0.25) is 0 Å². The predicted octanol–water partition coefficient (Wildman–Crippen LogP) is 6.37. The number of nitrogens with zero attached hydrogens (tertiary/aromatic N) is 4. The molecule has 3 aromatic carbocycles. The molecule has 0 radical (unpaired) electrons. The van der Waals surface area contributed by atoms with Gasteiger partial charge in [-0.25, -0.2) is 27.7 Å². The number of carbonyl (C=O) groups excluding carboxylic acids is 6. The van der Waals surface area contributed by atoms with E-state index >= 15 is 8.78 Å². The fraction of sp³-hybridized carbons (Fsp3) is 0.509. The Balaban J connectivity index is 1.13. The number of rotatable bonds is 21. The number of imidazole rings is 1. The maximum atomic E-state index is 16.2. The molecule has 2 fully saturated rings. The van der Waals surface area contributed by atoms with E-state index in [1.54, 1.807) is 73.1 Å². The number of urea groups is 1. The number of anilines is 1. The van der Waals surface area contributed by atoms with Gasteiger partial charge in [0.2, 0.25) is 17.7 Å². The van der Waals surface area contributed by atoms with E-state index in [4.69, 9.17) is 21.2 Å². The van der Waals surface area contributed by atoms with Gasteiger partial charge in [0.05, 0.1) is 23.8 Å². The Morgan fingerprint density at radius 1 is 0.934 bits per heavy atom. The number of carbonyl (C=O) groups is 6. The monoisotopic (exact) mass is 1060 g/mol. The first-order valence-electron chi connectivity index (χ1n) is 25.8. The molecule has 21 heteroatoms. The first-order chi connectivity index (χ1) is 35.8. The van der Waals surface area contributed by atoms with Crippen molar-refractivity contribution in [1.82, 2.24) is 35.3 Å². The molecule has 1 aromatic heterocycles. The fourth-order valence-electron chi connectivity index (χ4n) is 9.79. The molecule has 6 rings (SSSR count). The lowest BCUT2D eigenvalue weighted by Gasteiger charge is -2.41. The van der Waals surface area contributed by atoms with Gasteiger partial charge < -0.3 is 56.9 Å². The van der Waals surface area contributed by atoms with E-state index in [0.29, 0.717) is 35.5 Å². The molecule has 18 nitrogen and oxygen atoms in total. The number of alkyl halides is 1. The lowest BCUT2D eigenvalue weighted by Crippen LogP contribution is -2.60. The zero-order valence-corrected chi connectivity index (χ0v) is 44.3. The molecule has 0 bridgehead atoms. The van der Waals surface area contributed by atoms with Crippen molar-refractivity contribution in [2.24, 2.45) is 28.7 Å². The van der Waals surface area contributed by atoms with E-state index in [2.05, 4.69) is 21.3 Å². The van der Waals surface area contributed by atoms with Gasteiger partial charge in [-0.15, -0.1) is 0 Å². The third-order valence-corrected chi connectivity index (χ3v) is 13.9. The number of aromatic nitrogens is 2. The van der Waals surface area contributed by atoms with Crippen molar-refractivity contribution in [2.45, 2.75) is 136 Å². The van der Waals surface area contributed by atoms with E-state index in [-0.39, 0.29) is 69.3 Å². The molecule has 76 heavy (non-hydrogen) atoms. The Kier molecular flexibility index (Phi) is 19.3. The zero-order valence-electron chi connectivity index (χ0n) is 44.3. The standard InChI is InChI=1S/C55H73F3N10O8/c1-32(2)45(65-51(73)55(60)21-8-9-22-55)49(71)64-43(14-11-23-61-52(59)74)48(70)62-39-18-16-35(17-19-39)31-76-53(75)67-27-37(42(58)29-67)28-68(50(72)34(4)69)46(54(5,6)7)47-63-44(40-24-33(3)15-20-41(40)57)30-66(47)26-36-12-10-13-38(56)25-36/h10,12-13,15-20,24-25,30,32,34,37,42-43,45-46,69H,8-9,11,14,21-23,26-29,31,60H2,1-7H3,(H,62,70)(H,64,71)(H,65,73)(H3,59,61,74). The summed E-state index contributed by atoms with van der Waals surface area (Å²) < 4.78 is 53.4. The van der Waals surface area contributed by atoms with Crippen molar-refractivity contribution in [2.75, 3.05) is 31.5 Å². The van der Waals surface area contributed by atoms with E-state index in [9.17, 15) is 38.3 Å². The van der Waals surface area contributed by atoms with Crippen LogP contribution in [0.3, 0.4) is 0 Å². The maximum Gasteiger partial charge on any atom is 0.410 e. The Morgan fingerprint density at radius 3 is 2.26 bits per heavy atom. The van der Waals surface area contributed by atoms with Crippen LogP contribution < -0.4 is 32.7 Å². The number of aliphatic hydroxyl groups excluding tert-OH is 1. The van der Waals surface area contributed by atoms with Gasteiger partial charge in [-0.05, 0) is 98.4 Å². The number of hydrogen-bond acceptors (Lipinski definition) is 10. The first kappa shape index (κ1) is 58.3. The minimum atomic E-state index is -1.61. The molecule has 1 saturated carbocycles. The van der Waals surface area contributed by atoms with Crippen molar-refractivity contribution in [3.63, 3.8) is 0 Å². The predicted molar refractivity (Wildman–Crippen MR) is 280 cm³/mol. The van der Waals surface area contributed by atoms with Gasteiger partial charge in [-0.1, -0.05) is 83.4 Å². The summed E-state index contributed by atoms with van der Waals surface area (Å²) in [5.41, 5.74) is 12.3. The van der Waals surface area contributed by atoms with Crippen molar-refractivity contribution >= 4 is 41.4 Å². The van der Waals surface area contributed by atoms with Gasteiger partial charge in [0, 0.05) is 49.5 Å². The second kappa shape index (κ2) is 25.2. The van der Waals surface area contributed by atoms with Gasteiger partial charge in [0.15, 0.2) is 0 Å². The summed E-state index contributed by atoms with van der Waals surface area (Å²) in [4.78, 5) is 87.0. The van der Waals surface area contributed by atoms with Gasteiger partial charge in [0.25, 0.3) is 5.91 Å². The molecule has 1 saturated heterocycles. The van der Waals surface area contributed by atoms with E-state index in [0.717, 1.165) is 18.4 Å². The molecular weight excluding hydrogens is 986 g/mol. The lowest BCUT2D eigenvalue weighted by molar-refractivity contribution is -0.146. The highest BCUT2D eigenvalue weighted by Crippen LogP contribution is 2.41. The molecule has 412 valence electrons. The molecule has 7 amide bonds. The van der Waals surface area contributed by atoms with E-state index < -0.39 is 94.7 Å². The average Bonchev–Trinajstić information content (AvgIpc) is 4.09. The van der Waals surface area contributed by atoms with Crippen LogP contribution in [0.4, 0.5) is 28.4 Å². The van der Waals surface area contributed by atoms with Crippen LogP contribution in [-0.2, 0) is 37.1 Å². The maximum absolute atomic E-state index is 16.2. The van der Waals surface area contributed by atoms with Crippen molar-refractivity contribution in [3.05, 3.63) is 107 Å². The second-order valence-electron chi connectivity index (χ2n) is 21.6. The van der Waals surface area contributed by atoms with Crippen molar-refractivity contribution in [3.8, 4) is 11.3 Å². The molecular formula is C55H73F3N10O8. The summed E-state index contributed by atoms with van der Waals surface area (Å²) in [5.74, 6) is -4.29. The minimum Gasteiger partial charge on any atom is -0.445 e. The molecule has 2 aliphatic rings. The number of likely N-dealkylation sites (tertiary alicyclic amines) is 1. The number of aryl methyl sites for hydroxylation is 1. The first-order valence-corrected chi connectivity index (χ1v) is 25.8. The van der Waals surface area contributed by atoms with Gasteiger partial charge in [-0.2, -0.15) is 0 Å². The Hall–Kier alpha value is -7.00. The summed E-state index contributed by atoms with van der Waals surface area (Å²) in [7, 11) is 0. The summed E-state index contributed by atoms with van der Waals surface area (Å²) in [6, 6.07) is 13.2. The summed E-state index contributed by atoms with van der Waals surface area (Å²) in [6.45, 7) is 11.5. The number of amides is 7. The zero-order chi connectivity index (χ0) is 55.6. The van der Waals surface area contributed by atoms with Crippen LogP contribution in [0, 0.1) is 35.8 Å². The number of nitrogens with one attached hydrogen (secondary N) is 4. The Bertz CT molecular complexity index is 2710. The van der Waals surface area contributed by atoms with Crippen molar-refractivity contribution in [1.29, 1.82) is 0 Å². The number of nitrogens with two attached hydrogens (primary N) is 2. The van der Waals surface area contributed by atoms with E-state index in [1.807, 2.05) is 27.7 Å². The topological polar surface area (TPSA) is 256 Å². The quantitative estimate of drug-likeness (QED) is 0.0454. The SMILES string of the molecule is Cc1ccc(F)c(-c2cn(Cc3cccc(F)c3)c(C(N(CC3CN(C(=O)OCc4ccc(NC(=O)C(CCCNC(N)=O)NC(=O)C(NC(=O)C5(N)CCCC5)C(C)C)cc4)CC3F)C(=O)C(C)O)C(C)(C)C)n2)c1. The third kappa shape index (κ3) is 15.1. The highest BCUT2D eigenvalue weighted by molar-refractivity contribution is 5.99. The number of aliphatic hydroxyl groups is 1. The molecule has 6 atom stereocenters. The molecule has 4 aromatic rings. The number of ether oxygens (including phenoxy) is 1. The normalized spacial score (nSPS) is 17.8. The highest BCUT2D eigenvalue weighted by Gasteiger charge is 2.45. The molecule has 9 N–H and O–H groups in total. The van der Waals surface area contributed by atoms with Crippen LogP contribution in [0.5, 0.6) is 0 Å². The minimum absolute atomic E-state index is 0.0838. The molecule has 1 aliphatic carbocycles. The number of hydrogen-bond donors (Lipinski definition) is 7. The van der Waals surface area contributed by atoms with Gasteiger partial charge in [-0.3, -0.25) is 19.2 Å². The third-order valence-electron chi connectivity index (χ3n) is 13.9. The summed E-state index contributed by atoms with van der Waals surface area (Å²) >= 11 is 0. The Morgan fingerprint density at radius 2 is 1.63 bits per heavy atom. The van der Waals surface area contributed by atoms with E-state index in [1.165, 1.54) is 34.9 Å². The van der Waals surface area contributed by atoms with Crippen LogP contribution in [-0.4, -0.2) is 116 Å². The summed E-state index contributed by atoms with van der Waals surface area (Å²) in [5, 5.41) is 21.6. The molecule has 2 heterocycles. The highest BCUT2D eigenvalue weighted by atomic mass is 19.1.